The maximum Gasteiger partial charge on any atom is 0.362 e. The maximum atomic E-state index is 12.1. The van der Waals surface area contributed by atoms with Gasteiger partial charge in [-0.15, -0.1) is 0 Å². The Morgan fingerprint density at radius 2 is 1.24 bits per heavy atom. The van der Waals surface area contributed by atoms with Crippen molar-refractivity contribution in [2.75, 3.05) is 6.54 Å². The lowest BCUT2D eigenvalue weighted by atomic mass is 9.94. The molecule has 0 bridgehead atoms. The van der Waals surface area contributed by atoms with Gasteiger partial charge in [0.25, 0.3) is 0 Å². The Morgan fingerprint density at radius 1 is 0.793 bits per heavy atom. The number of carboxylic acids is 3. The van der Waals surface area contributed by atoms with E-state index < -0.39 is 40.5 Å². The topological polar surface area (TPSA) is 115 Å². The molecule has 0 fully saturated rings. The highest BCUT2D eigenvalue weighted by Gasteiger charge is 2.53. The number of unbranched alkanes of at least 4 members (excludes halogenated alkanes) is 4. The van der Waals surface area contributed by atoms with Crippen molar-refractivity contribution < 1.29 is 34.2 Å². The molecule has 7 nitrogen and oxygen atoms in total. The quantitative estimate of drug-likeness (QED) is 0.215. The standard InChI is InChI=1S/C22H39NO6/c1-5-9-10-11-12-13-14-15-16-23(17(6-2)20(24)25,18(7-3)21(26)27)19(8-4)22(28)29/h11-12,17-19H,5-10,13-16H2,1-4H3,(H2-,24,25,26,27,28,29)/b12-11+. The number of hydrogen-bond acceptors (Lipinski definition) is 4. The summed E-state index contributed by atoms with van der Waals surface area (Å²) in [4.78, 5) is 36.1. The van der Waals surface area contributed by atoms with Gasteiger partial charge in [-0.1, -0.05) is 52.7 Å². The van der Waals surface area contributed by atoms with E-state index in [0.717, 1.165) is 32.1 Å². The van der Waals surface area contributed by atoms with Crippen LogP contribution in [0.2, 0.25) is 0 Å². The van der Waals surface area contributed by atoms with Crippen molar-refractivity contribution in [3.05, 3.63) is 12.2 Å². The van der Waals surface area contributed by atoms with E-state index in [2.05, 4.69) is 19.1 Å². The molecule has 2 N–H and O–H groups in total. The predicted molar refractivity (Wildman–Crippen MR) is 110 cm³/mol. The molecular formula is C22H39NO6. The van der Waals surface area contributed by atoms with Crippen molar-refractivity contribution in [1.29, 1.82) is 0 Å². The Balaban J connectivity index is 5.85. The summed E-state index contributed by atoms with van der Waals surface area (Å²) in [7, 11) is 0. The minimum absolute atomic E-state index is 0.118. The smallest absolute Gasteiger partial charge is 0.362 e. The number of allylic oxidation sites excluding steroid dienone is 2. The highest BCUT2D eigenvalue weighted by atomic mass is 16.4. The summed E-state index contributed by atoms with van der Waals surface area (Å²) in [6.07, 6.45) is 10.0. The summed E-state index contributed by atoms with van der Waals surface area (Å²) in [5, 5.41) is 31.7. The van der Waals surface area contributed by atoms with Crippen molar-refractivity contribution in [2.24, 2.45) is 0 Å². The lowest BCUT2D eigenvalue weighted by Crippen LogP contribution is -2.73. The minimum atomic E-state index is -1.38. The van der Waals surface area contributed by atoms with E-state index in [1.54, 1.807) is 20.8 Å². The van der Waals surface area contributed by atoms with Crippen molar-refractivity contribution in [2.45, 2.75) is 104 Å². The summed E-state index contributed by atoms with van der Waals surface area (Å²) >= 11 is 0. The van der Waals surface area contributed by atoms with Gasteiger partial charge in [0, 0.05) is 19.3 Å². The fraction of sp³-hybridized carbons (Fsp3) is 0.773. The largest absolute Gasteiger partial charge is 0.544 e. The van der Waals surface area contributed by atoms with Crippen molar-refractivity contribution in [1.82, 2.24) is 0 Å². The Labute approximate surface area is 175 Å². The van der Waals surface area contributed by atoms with Crippen LogP contribution in [0.1, 0.15) is 85.5 Å². The van der Waals surface area contributed by atoms with E-state index in [1.807, 2.05) is 0 Å². The van der Waals surface area contributed by atoms with E-state index >= 15 is 0 Å². The summed E-state index contributed by atoms with van der Waals surface area (Å²) in [5.74, 6) is -3.70. The Bertz CT molecular complexity index is 490. The molecule has 0 radical (unpaired) electrons. The molecule has 0 aliphatic carbocycles. The summed E-state index contributed by atoms with van der Waals surface area (Å²) in [5.41, 5.74) is 0. The second-order valence-electron chi connectivity index (χ2n) is 7.60. The first-order chi connectivity index (χ1) is 13.7. The number of nitrogens with zero attached hydrogens (tertiary/aromatic N) is 1. The van der Waals surface area contributed by atoms with E-state index in [0.29, 0.717) is 6.42 Å². The van der Waals surface area contributed by atoms with Gasteiger partial charge >= 0.3 is 11.9 Å². The summed E-state index contributed by atoms with van der Waals surface area (Å²) in [6.45, 7) is 7.29. The number of quaternary nitrogens is 1. The van der Waals surface area contributed by atoms with Crippen molar-refractivity contribution >= 4 is 17.9 Å². The number of carbonyl (C=O) groups is 3. The molecular weight excluding hydrogens is 374 g/mol. The normalized spacial score (nSPS) is 16.8. The molecule has 0 aromatic carbocycles. The summed E-state index contributed by atoms with van der Waals surface area (Å²) < 4.78 is -0.490. The van der Waals surface area contributed by atoms with E-state index in [9.17, 15) is 29.7 Å². The average molecular weight is 414 g/mol. The first-order valence-corrected chi connectivity index (χ1v) is 10.9. The minimum Gasteiger partial charge on any atom is -0.544 e. The summed E-state index contributed by atoms with van der Waals surface area (Å²) in [6, 6.07) is -3.41. The second-order valence-corrected chi connectivity index (χ2v) is 7.60. The zero-order valence-corrected chi connectivity index (χ0v) is 18.4. The highest BCUT2D eigenvalue weighted by Crippen LogP contribution is 2.32. The molecule has 3 atom stereocenters. The molecule has 29 heavy (non-hydrogen) atoms. The van der Waals surface area contributed by atoms with Gasteiger partial charge in [0.15, 0.2) is 12.1 Å². The molecule has 0 heterocycles. The van der Waals surface area contributed by atoms with Gasteiger partial charge in [0.05, 0.1) is 12.5 Å². The molecule has 0 saturated heterocycles. The number of rotatable bonds is 17. The molecule has 7 heteroatoms. The number of carboxylic acid groups (broad SMARTS) is 3. The van der Waals surface area contributed by atoms with Crippen LogP contribution < -0.4 is 5.11 Å². The van der Waals surface area contributed by atoms with Gasteiger partial charge < -0.3 is 20.1 Å². The van der Waals surface area contributed by atoms with Crippen LogP contribution in [-0.4, -0.2) is 57.3 Å². The highest BCUT2D eigenvalue weighted by molar-refractivity contribution is 5.77. The van der Waals surface area contributed by atoms with E-state index in [-0.39, 0.29) is 25.8 Å². The van der Waals surface area contributed by atoms with E-state index in [1.165, 1.54) is 0 Å². The second kappa shape index (κ2) is 14.1. The third-order valence-electron chi connectivity index (χ3n) is 5.80. The molecule has 0 spiro atoms. The zero-order valence-electron chi connectivity index (χ0n) is 18.4. The Hall–Kier alpha value is -1.89. The lowest BCUT2D eigenvalue weighted by Gasteiger charge is -2.51. The van der Waals surface area contributed by atoms with Crippen LogP contribution in [0.5, 0.6) is 0 Å². The molecule has 0 rings (SSSR count). The Morgan fingerprint density at radius 3 is 1.59 bits per heavy atom. The van der Waals surface area contributed by atoms with Gasteiger partial charge in [0.1, 0.15) is 6.04 Å². The van der Waals surface area contributed by atoms with Crippen LogP contribution in [0, 0.1) is 0 Å². The maximum absolute atomic E-state index is 12.1. The van der Waals surface area contributed by atoms with Crippen LogP contribution in [0.3, 0.4) is 0 Å². The molecule has 0 aromatic rings. The monoisotopic (exact) mass is 413 g/mol. The van der Waals surface area contributed by atoms with Gasteiger partial charge in [-0.25, -0.2) is 9.59 Å². The molecule has 3 unspecified atom stereocenters. The van der Waals surface area contributed by atoms with Gasteiger partial charge in [0.2, 0.25) is 0 Å². The molecule has 0 aromatic heterocycles. The van der Waals surface area contributed by atoms with Gasteiger partial charge in [-0.05, 0) is 25.7 Å². The first-order valence-electron chi connectivity index (χ1n) is 10.9. The predicted octanol–water partition coefficient (Wildman–Crippen LogP) is 2.97. The number of carbonyl (C=O) groups excluding carboxylic acids is 1. The third kappa shape index (κ3) is 7.46. The number of hydrogen-bond donors (Lipinski definition) is 2. The Kier molecular flexibility index (Phi) is 13.2. The van der Waals surface area contributed by atoms with E-state index in [4.69, 9.17) is 0 Å². The van der Waals surface area contributed by atoms with Crippen molar-refractivity contribution in [3.63, 3.8) is 0 Å². The van der Waals surface area contributed by atoms with Crippen LogP contribution in [0.15, 0.2) is 12.2 Å². The van der Waals surface area contributed by atoms with Crippen LogP contribution in [0.25, 0.3) is 0 Å². The SMILES string of the molecule is CCCC/C=C/CCCC[N+](C(CC)C(=O)[O-])(C(CC)C(=O)O)C(CC)C(=O)O. The van der Waals surface area contributed by atoms with Crippen molar-refractivity contribution in [3.8, 4) is 0 Å². The van der Waals surface area contributed by atoms with Crippen LogP contribution in [0.4, 0.5) is 0 Å². The molecule has 0 aliphatic rings. The van der Waals surface area contributed by atoms with Gasteiger partial charge in [-0.3, -0.25) is 4.48 Å². The van der Waals surface area contributed by atoms with Gasteiger partial charge in [-0.2, -0.15) is 0 Å². The molecule has 168 valence electrons. The molecule has 0 aliphatic heterocycles. The third-order valence-corrected chi connectivity index (χ3v) is 5.80. The zero-order chi connectivity index (χ0) is 22.4. The lowest BCUT2D eigenvalue weighted by molar-refractivity contribution is -0.974. The van der Waals surface area contributed by atoms with Crippen LogP contribution in [-0.2, 0) is 14.4 Å². The van der Waals surface area contributed by atoms with Crippen LogP contribution >= 0.6 is 0 Å². The fourth-order valence-electron chi connectivity index (χ4n) is 4.47. The first kappa shape index (κ1) is 27.1. The fourth-order valence-corrected chi connectivity index (χ4v) is 4.47. The molecule has 0 saturated carbocycles. The molecule has 0 amide bonds. The average Bonchev–Trinajstić information content (AvgIpc) is 2.64. The number of aliphatic carboxylic acids is 3.